The standard InChI is InChI=1S/C8H16O4/c1-4-8(11,7(9)10)6(2)5-12-3/h6,11H,4-5H2,1-3H3,(H,9,10). The summed E-state index contributed by atoms with van der Waals surface area (Å²) in [5.41, 5.74) is -1.66. The summed E-state index contributed by atoms with van der Waals surface area (Å²) < 4.78 is 4.78. The van der Waals surface area contributed by atoms with Crippen LogP contribution in [0, 0.1) is 5.92 Å². The number of carboxylic acids is 1. The monoisotopic (exact) mass is 176 g/mol. The molecule has 0 aliphatic heterocycles. The van der Waals surface area contributed by atoms with Gasteiger partial charge in [-0.25, -0.2) is 4.79 Å². The van der Waals surface area contributed by atoms with Crippen LogP contribution < -0.4 is 0 Å². The molecule has 0 aromatic rings. The van der Waals surface area contributed by atoms with E-state index in [9.17, 15) is 9.90 Å². The Hall–Kier alpha value is -0.610. The lowest BCUT2D eigenvalue weighted by Gasteiger charge is -2.27. The molecule has 0 bridgehead atoms. The number of hydrogen-bond acceptors (Lipinski definition) is 3. The summed E-state index contributed by atoms with van der Waals surface area (Å²) in [5, 5.41) is 18.3. The lowest BCUT2D eigenvalue weighted by atomic mass is 9.87. The number of hydrogen-bond donors (Lipinski definition) is 2. The van der Waals surface area contributed by atoms with Crippen LogP contribution in [0.1, 0.15) is 20.3 Å². The number of rotatable bonds is 5. The molecule has 0 rings (SSSR count). The van der Waals surface area contributed by atoms with Crippen LogP contribution in [0.4, 0.5) is 0 Å². The van der Waals surface area contributed by atoms with E-state index in [1.54, 1.807) is 13.8 Å². The van der Waals surface area contributed by atoms with Crippen LogP contribution in [0.15, 0.2) is 0 Å². The Morgan fingerprint density at radius 1 is 1.67 bits per heavy atom. The smallest absolute Gasteiger partial charge is 0.336 e. The molecule has 0 aliphatic carbocycles. The molecule has 0 heterocycles. The van der Waals surface area contributed by atoms with Crippen molar-refractivity contribution in [3.05, 3.63) is 0 Å². The van der Waals surface area contributed by atoms with E-state index in [0.29, 0.717) is 0 Å². The van der Waals surface area contributed by atoms with Crippen LogP contribution in [0.5, 0.6) is 0 Å². The van der Waals surface area contributed by atoms with E-state index in [-0.39, 0.29) is 13.0 Å². The molecule has 0 spiro atoms. The van der Waals surface area contributed by atoms with Crippen molar-refractivity contribution in [1.82, 2.24) is 0 Å². The molecule has 2 N–H and O–H groups in total. The second kappa shape index (κ2) is 4.42. The van der Waals surface area contributed by atoms with Gasteiger partial charge in [-0.15, -0.1) is 0 Å². The summed E-state index contributed by atoms with van der Waals surface area (Å²) >= 11 is 0. The van der Waals surface area contributed by atoms with E-state index in [4.69, 9.17) is 9.84 Å². The maximum absolute atomic E-state index is 10.7. The molecule has 0 saturated carbocycles. The third-order valence-corrected chi connectivity index (χ3v) is 2.14. The van der Waals surface area contributed by atoms with Crippen molar-refractivity contribution in [2.75, 3.05) is 13.7 Å². The second-order valence-electron chi connectivity index (χ2n) is 2.94. The summed E-state index contributed by atoms with van der Waals surface area (Å²) in [6.07, 6.45) is 0.187. The van der Waals surface area contributed by atoms with Gasteiger partial charge >= 0.3 is 5.97 Å². The Labute approximate surface area is 72.2 Å². The molecule has 0 saturated heterocycles. The highest BCUT2D eigenvalue weighted by Crippen LogP contribution is 2.21. The fraction of sp³-hybridized carbons (Fsp3) is 0.875. The Kier molecular flexibility index (Phi) is 4.20. The predicted molar refractivity (Wildman–Crippen MR) is 43.9 cm³/mol. The minimum atomic E-state index is -1.66. The van der Waals surface area contributed by atoms with Gasteiger partial charge in [-0.3, -0.25) is 0 Å². The zero-order chi connectivity index (χ0) is 9.78. The molecule has 2 unspecified atom stereocenters. The lowest BCUT2D eigenvalue weighted by molar-refractivity contribution is -0.167. The Morgan fingerprint density at radius 2 is 2.17 bits per heavy atom. The van der Waals surface area contributed by atoms with Crippen LogP contribution in [0.2, 0.25) is 0 Å². The van der Waals surface area contributed by atoms with Crippen molar-refractivity contribution >= 4 is 5.97 Å². The van der Waals surface area contributed by atoms with E-state index >= 15 is 0 Å². The quantitative estimate of drug-likeness (QED) is 0.640. The Morgan fingerprint density at radius 3 is 2.42 bits per heavy atom. The summed E-state index contributed by atoms with van der Waals surface area (Å²) in [5.74, 6) is -1.58. The summed E-state index contributed by atoms with van der Waals surface area (Å²) in [4.78, 5) is 10.7. The lowest BCUT2D eigenvalue weighted by Crippen LogP contribution is -2.45. The molecule has 72 valence electrons. The number of carboxylic acid groups (broad SMARTS) is 1. The van der Waals surface area contributed by atoms with Crippen molar-refractivity contribution in [2.24, 2.45) is 5.92 Å². The van der Waals surface area contributed by atoms with Crippen LogP contribution >= 0.6 is 0 Å². The van der Waals surface area contributed by atoms with Gasteiger partial charge in [0, 0.05) is 13.0 Å². The summed E-state index contributed by atoms with van der Waals surface area (Å²) in [6, 6.07) is 0. The first-order valence-electron chi connectivity index (χ1n) is 3.93. The van der Waals surface area contributed by atoms with Crippen molar-refractivity contribution in [3.8, 4) is 0 Å². The molecule has 0 aromatic heterocycles. The van der Waals surface area contributed by atoms with Crippen molar-refractivity contribution < 1.29 is 19.7 Å². The Bertz CT molecular complexity index is 157. The van der Waals surface area contributed by atoms with E-state index in [2.05, 4.69) is 0 Å². The number of aliphatic carboxylic acids is 1. The highest BCUT2D eigenvalue weighted by molar-refractivity contribution is 5.77. The average molecular weight is 176 g/mol. The number of aliphatic hydroxyl groups is 1. The van der Waals surface area contributed by atoms with Gasteiger partial charge in [-0.2, -0.15) is 0 Å². The Balaban J connectivity index is 4.39. The first-order chi connectivity index (χ1) is 5.49. The van der Waals surface area contributed by atoms with Gasteiger partial charge in [0.2, 0.25) is 0 Å². The van der Waals surface area contributed by atoms with E-state index in [1.165, 1.54) is 7.11 Å². The summed E-state index contributed by atoms with van der Waals surface area (Å²) in [7, 11) is 1.48. The number of ether oxygens (including phenoxy) is 1. The highest BCUT2D eigenvalue weighted by Gasteiger charge is 2.39. The molecule has 0 aliphatic rings. The topological polar surface area (TPSA) is 66.8 Å². The first kappa shape index (κ1) is 11.4. The van der Waals surface area contributed by atoms with Crippen molar-refractivity contribution in [2.45, 2.75) is 25.9 Å². The van der Waals surface area contributed by atoms with Crippen molar-refractivity contribution in [3.63, 3.8) is 0 Å². The SMILES string of the molecule is CCC(O)(C(=O)O)C(C)COC. The van der Waals surface area contributed by atoms with Crippen LogP contribution in [-0.4, -0.2) is 35.5 Å². The van der Waals surface area contributed by atoms with Gasteiger partial charge in [-0.05, 0) is 6.42 Å². The van der Waals surface area contributed by atoms with Crippen LogP contribution in [-0.2, 0) is 9.53 Å². The molecule has 0 aromatic carbocycles. The maximum Gasteiger partial charge on any atom is 0.336 e. The molecule has 4 nitrogen and oxygen atoms in total. The average Bonchev–Trinajstić information content (AvgIpc) is 2.03. The van der Waals surface area contributed by atoms with E-state index in [0.717, 1.165) is 0 Å². The maximum atomic E-state index is 10.7. The number of methoxy groups -OCH3 is 1. The second-order valence-corrected chi connectivity index (χ2v) is 2.94. The normalized spacial score (nSPS) is 18.3. The molecule has 2 atom stereocenters. The van der Waals surface area contributed by atoms with Gasteiger partial charge in [-0.1, -0.05) is 13.8 Å². The molecule has 0 fully saturated rings. The van der Waals surface area contributed by atoms with Crippen LogP contribution in [0.25, 0.3) is 0 Å². The fourth-order valence-electron chi connectivity index (χ4n) is 1.10. The molecule has 0 radical (unpaired) electrons. The number of carbonyl (C=O) groups is 1. The van der Waals surface area contributed by atoms with Gasteiger partial charge < -0.3 is 14.9 Å². The van der Waals surface area contributed by atoms with Gasteiger partial charge in [0.15, 0.2) is 5.60 Å². The minimum absolute atomic E-state index is 0.187. The summed E-state index contributed by atoms with van der Waals surface area (Å²) in [6.45, 7) is 3.54. The zero-order valence-electron chi connectivity index (χ0n) is 7.70. The van der Waals surface area contributed by atoms with Gasteiger partial charge in [0.1, 0.15) is 0 Å². The molecular weight excluding hydrogens is 160 g/mol. The predicted octanol–water partition coefficient (Wildman–Crippen LogP) is 0.495. The third kappa shape index (κ3) is 2.19. The fourth-order valence-corrected chi connectivity index (χ4v) is 1.10. The van der Waals surface area contributed by atoms with E-state index in [1.807, 2.05) is 0 Å². The molecular formula is C8H16O4. The first-order valence-corrected chi connectivity index (χ1v) is 3.93. The van der Waals surface area contributed by atoms with Crippen molar-refractivity contribution in [1.29, 1.82) is 0 Å². The minimum Gasteiger partial charge on any atom is -0.479 e. The third-order valence-electron chi connectivity index (χ3n) is 2.14. The molecule has 0 amide bonds. The molecule has 12 heavy (non-hydrogen) atoms. The largest absolute Gasteiger partial charge is 0.479 e. The highest BCUT2D eigenvalue weighted by atomic mass is 16.5. The zero-order valence-corrected chi connectivity index (χ0v) is 7.70. The molecule has 4 heteroatoms. The van der Waals surface area contributed by atoms with E-state index < -0.39 is 17.5 Å². The van der Waals surface area contributed by atoms with Gasteiger partial charge in [0.05, 0.1) is 6.61 Å². The van der Waals surface area contributed by atoms with Crippen LogP contribution in [0.3, 0.4) is 0 Å². The van der Waals surface area contributed by atoms with Gasteiger partial charge in [0.25, 0.3) is 0 Å².